The molecule has 0 spiro atoms. The molecular formula is C83H125B7ClN7O27S2. The smallest absolute Gasteiger partial charge is 0.426 e. The molecule has 44 heteroatoms. The van der Waals surface area contributed by atoms with Gasteiger partial charge in [-0.1, -0.05) is 72.8 Å². The average molecular weight is 1830 g/mol. The molecule has 2 aromatic heterocycles. The Morgan fingerprint density at radius 1 is 0.307 bits per heavy atom. The lowest BCUT2D eigenvalue weighted by atomic mass is 9.72. The molecule has 5 unspecified atom stereocenters. The highest BCUT2D eigenvalue weighted by Gasteiger charge is 2.43. The topological polar surface area (TPSA) is 526 Å². The number of nitrogens with one attached hydrogen (secondary N) is 6. The first-order valence-electron chi connectivity index (χ1n) is 43.3. The molecule has 2 aromatic carbocycles. The third-order valence-electron chi connectivity index (χ3n) is 21.3. The molecule has 1 saturated carbocycles. The van der Waals surface area contributed by atoms with Crippen LogP contribution in [0.25, 0.3) is 0 Å². The summed E-state index contributed by atoms with van der Waals surface area (Å²) >= 11 is 3.06. The van der Waals surface area contributed by atoms with E-state index in [0.29, 0.717) is 135 Å². The van der Waals surface area contributed by atoms with E-state index in [1.807, 2.05) is 95.7 Å². The van der Waals surface area contributed by atoms with Crippen LogP contribution in [0.3, 0.4) is 0 Å². The van der Waals surface area contributed by atoms with Crippen LogP contribution in [0.15, 0.2) is 95.7 Å². The Balaban J connectivity index is 0.000000264. The molecule has 1 aliphatic carbocycles. The Kier molecular flexibility index (Phi) is 50.5. The second kappa shape index (κ2) is 58.3. The molecule has 127 heavy (non-hydrogen) atoms. The largest absolute Gasteiger partial charge is 0.478 e. The molecule has 0 radical (unpaired) electrons. The fourth-order valence-electron chi connectivity index (χ4n) is 14.9. The summed E-state index contributed by atoms with van der Waals surface area (Å²) in [6, 6.07) is 26.5. The SMILES string of the molecule is CC(=O)CC1CC[C@H](N)B(O)O1.CC(=O)CC1CC[C@H](NC(=O)C2CC2)B(O)O1.CC(=O)CC1CC[C@H](NC(=O)Cc2ccccc2)B(O)O1.CC(=O)CC1CC[C@H](NC(=O)Cc2cccs2)B(O)O1.CC(=O)CC1CC[C@H](NC(C)=O)B(O)O1.CC(=O)C[C@@H]1CC[C@H](NC(=O)Cc2ccccc2)B(O)O1.CC(=O)C[C@@H]1CC[C@H](NC(=O)Cc2cccs2)B(O)O1.Cl. The van der Waals surface area contributed by atoms with Crippen LogP contribution in [-0.2, 0) is 121 Å². The fraction of sp³-hybridized carbons (Fsp3) is 0.602. The summed E-state index contributed by atoms with van der Waals surface area (Å²) in [4.78, 5) is 149. The number of benzene rings is 2. The van der Waals surface area contributed by atoms with Gasteiger partial charge >= 0.3 is 49.8 Å². The first-order chi connectivity index (χ1) is 59.8. The molecule has 4 aromatic rings. The van der Waals surface area contributed by atoms with Crippen LogP contribution in [-0.4, -0.2) is 245 Å². The number of Topliss-reactive ketones (excluding diaryl/α,β-unsaturated/α-hetero) is 7. The second-order valence-corrected chi connectivity index (χ2v) is 35.4. The van der Waals surface area contributed by atoms with Gasteiger partial charge in [-0.25, -0.2) is 0 Å². The fourth-order valence-corrected chi connectivity index (χ4v) is 16.3. The highest BCUT2D eigenvalue weighted by molar-refractivity contribution is 7.10. The molecule has 0 bridgehead atoms. The van der Waals surface area contributed by atoms with Gasteiger partial charge in [0.05, 0.1) is 61.3 Å². The van der Waals surface area contributed by atoms with Gasteiger partial charge < -0.3 is 105 Å². The molecule has 694 valence electrons. The van der Waals surface area contributed by atoms with Gasteiger partial charge in [0.1, 0.15) is 40.5 Å². The first-order valence-corrected chi connectivity index (χ1v) is 45.0. The average Bonchev–Trinajstić information content (AvgIpc) is 1.69. The number of carbonyl (C=O) groups excluding carboxylic acids is 13. The number of hydrogen-bond donors (Lipinski definition) is 14. The molecule has 12 rings (SSSR count). The third kappa shape index (κ3) is 45.3. The molecule has 8 aliphatic rings. The number of hydrogen-bond acceptors (Lipinski definition) is 30. The van der Waals surface area contributed by atoms with Crippen molar-refractivity contribution in [1.82, 2.24) is 31.9 Å². The van der Waals surface area contributed by atoms with Crippen LogP contribution < -0.4 is 37.6 Å². The molecular weight excluding hydrogens is 1700 g/mol. The Morgan fingerprint density at radius 2 is 0.543 bits per heavy atom. The molecule has 9 heterocycles. The predicted octanol–water partition coefficient (Wildman–Crippen LogP) is 3.33. The number of ketones is 7. The molecule has 8 fully saturated rings. The monoisotopic (exact) mass is 1830 g/mol. The van der Waals surface area contributed by atoms with Gasteiger partial charge in [0, 0.05) is 116 Å². The van der Waals surface area contributed by atoms with Crippen molar-refractivity contribution in [3.05, 3.63) is 117 Å². The van der Waals surface area contributed by atoms with Gasteiger partial charge in [-0.2, -0.15) is 0 Å². The van der Waals surface area contributed by atoms with Crippen LogP contribution >= 0.6 is 35.1 Å². The lowest BCUT2D eigenvalue weighted by Gasteiger charge is -2.31. The summed E-state index contributed by atoms with van der Waals surface area (Å²) in [6.07, 6.45) is 13.1. The van der Waals surface area contributed by atoms with Gasteiger partial charge in [0.15, 0.2) is 0 Å². The Labute approximate surface area is 759 Å². The zero-order chi connectivity index (χ0) is 92.5. The Bertz CT molecular complexity index is 3900. The van der Waals surface area contributed by atoms with Crippen LogP contribution in [0.5, 0.6) is 0 Å². The minimum Gasteiger partial charge on any atom is -0.426 e. The maximum absolute atomic E-state index is 12.0. The lowest BCUT2D eigenvalue weighted by molar-refractivity contribution is -0.123. The van der Waals surface area contributed by atoms with E-state index in [2.05, 4.69) is 31.9 Å². The zero-order valence-electron chi connectivity index (χ0n) is 73.6. The van der Waals surface area contributed by atoms with Crippen molar-refractivity contribution < 1.29 is 130 Å². The minimum atomic E-state index is -1.05. The summed E-state index contributed by atoms with van der Waals surface area (Å²) in [7, 11) is -7.09. The maximum Gasteiger partial charge on any atom is 0.478 e. The van der Waals surface area contributed by atoms with Crippen molar-refractivity contribution in [1.29, 1.82) is 0 Å². The third-order valence-corrected chi connectivity index (χ3v) is 23.0. The van der Waals surface area contributed by atoms with E-state index in [0.717, 1.165) is 46.6 Å². The summed E-state index contributed by atoms with van der Waals surface area (Å²) in [5, 5.41) is 88.5. The summed E-state index contributed by atoms with van der Waals surface area (Å²) in [5.74, 6) is -2.80. The van der Waals surface area contributed by atoms with Crippen LogP contribution in [0.4, 0.5) is 0 Å². The summed E-state index contributed by atoms with van der Waals surface area (Å²) in [5.41, 5.74) is 7.36. The van der Waals surface area contributed by atoms with E-state index in [1.165, 1.54) is 78.1 Å². The number of thiophene rings is 2. The Hall–Kier alpha value is -7.51. The predicted molar refractivity (Wildman–Crippen MR) is 483 cm³/mol. The Morgan fingerprint density at radius 3 is 0.764 bits per heavy atom. The van der Waals surface area contributed by atoms with E-state index < -0.39 is 73.6 Å². The number of carbonyl (C=O) groups is 13. The van der Waals surface area contributed by atoms with Crippen molar-refractivity contribution in [2.45, 2.75) is 313 Å². The van der Waals surface area contributed by atoms with E-state index >= 15 is 0 Å². The van der Waals surface area contributed by atoms with E-state index in [9.17, 15) is 97.5 Å². The van der Waals surface area contributed by atoms with Gasteiger partial charge in [-0.15, -0.1) is 35.1 Å². The van der Waals surface area contributed by atoms with Crippen molar-refractivity contribution >= 4 is 161 Å². The van der Waals surface area contributed by atoms with Gasteiger partial charge in [0.25, 0.3) is 0 Å². The number of nitrogens with two attached hydrogens (primary N) is 1. The van der Waals surface area contributed by atoms with Crippen LogP contribution in [0.2, 0.25) is 0 Å². The van der Waals surface area contributed by atoms with Crippen molar-refractivity contribution in [2.24, 2.45) is 11.7 Å². The maximum atomic E-state index is 12.0. The highest BCUT2D eigenvalue weighted by Crippen LogP contribution is 2.31. The van der Waals surface area contributed by atoms with Crippen molar-refractivity contribution in [3.63, 3.8) is 0 Å². The molecule has 34 nitrogen and oxygen atoms in total. The quantitative estimate of drug-likeness (QED) is 0.0347. The standard InChI is InChI=1S/2C15H20BNO4.2C13H18BNO4S.C11H18BNO4.C9H16BNO4.C7H14BNO3.ClH/c2*1-11(18)9-13-7-8-14(16(20)21-13)17-15(19)10-12-5-3-2-4-6-12;2*1-9(16)7-10-4-5-12(14(18)19-10)15-13(17)8-11-3-2-6-20-11;1-7(14)6-9-4-5-10(12(16)17-9)13-11(15)8-2-3-8;1-6(12)5-8-3-4-9(10(14)15-8)11-7(2)13;1-5(10)4-6-2-3-7(9)8(11)12-6;/h2*2-6,13-14,20H,7-10H2,1H3,(H,17,19);2*2-3,6,10,12,18H,4-5,7-8H2,1H3,(H,15,17);8-10,16H,2-6H2,1H3,(H,13,15);8-9,14H,3-5H2,1-2H3,(H,11,13);6-7,11H,2-4,9H2,1H3;1H/t13?,14-;13-,14-;10?,12-;10-,12-;9?,10-;8?,9-;6?,7-;/m0000000./s1. The number of rotatable bonds is 29. The molecule has 14 atom stereocenters. The summed E-state index contributed by atoms with van der Waals surface area (Å²) < 4.78 is 37.2. The molecule has 7 saturated heterocycles. The van der Waals surface area contributed by atoms with E-state index in [4.69, 9.17) is 38.3 Å². The minimum absolute atomic E-state index is 0. The summed E-state index contributed by atoms with van der Waals surface area (Å²) in [6.45, 7) is 11.9. The van der Waals surface area contributed by atoms with E-state index in [1.54, 1.807) is 0 Å². The number of amides is 6. The molecule has 7 aliphatic heterocycles. The zero-order valence-corrected chi connectivity index (χ0v) is 76.1. The van der Waals surface area contributed by atoms with Crippen LogP contribution in [0.1, 0.15) is 224 Å². The van der Waals surface area contributed by atoms with Crippen molar-refractivity contribution in [2.75, 3.05) is 0 Å². The molecule has 15 N–H and O–H groups in total. The molecule has 6 amide bonds. The number of halogens is 1. The lowest BCUT2D eigenvalue weighted by Crippen LogP contribution is -2.53. The van der Waals surface area contributed by atoms with Gasteiger partial charge in [-0.3, -0.25) is 62.3 Å². The van der Waals surface area contributed by atoms with Crippen LogP contribution in [0, 0.1) is 5.92 Å². The van der Waals surface area contributed by atoms with Gasteiger partial charge in [-0.05, 0) is 185 Å². The van der Waals surface area contributed by atoms with Crippen molar-refractivity contribution in [3.8, 4) is 0 Å². The van der Waals surface area contributed by atoms with E-state index in [-0.39, 0.29) is 168 Å². The van der Waals surface area contributed by atoms with Gasteiger partial charge in [0.2, 0.25) is 35.4 Å². The highest BCUT2D eigenvalue weighted by atomic mass is 35.5. The first kappa shape index (κ1) is 110. The second-order valence-electron chi connectivity index (χ2n) is 33.3. The normalized spacial score (nSPS) is 24.2.